The van der Waals surface area contributed by atoms with Gasteiger partial charge in [0.15, 0.2) is 0 Å². The van der Waals surface area contributed by atoms with Gasteiger partial charge in [-0.1, -0.05) is 76.6 Å². The van der Waals surface area contributed by atoms with Crippen LogP contribution in [0.3, 0.4) is 0 Å². The van der Waals surface area contributed by atoms with E-state index in [1.54, 1.807) is 0 Å². The Hall–Kier alpha value is -3.10. The number of unbranched alkanes of at least 4 members (excludes halogenated alkanes) is 6. The van der Waals surface area contributed by atoms with Crippen molar-refractivity contribution in [3.63, 3.8) is 0 Å². The highest BCUT2D eigenvalue weighted by molar-refractivity contribution is 5.90. The summed E-state index contributed by atoms with van der Waals surface area (Å²) in [6.45, 7) is 9.44. The smallest absolute Gasteiger partial charge is 0.319 e. The molecule has 0 aliphatic carbocycles. The Bertz CT molecular complexity index is 935. The maximum absolute atomic E-state index is 12.4. The van der Waals surface area contributed by atoms with Gasteiger partial charge in [-0.05, 0) is 81.8 Å². The lowest BCUT2D eigenvalue weighted by Crippen LogP contribution is -2.35. The summed E-state index contributed by atoms with van der Waals surface area (Å²) in [6, 6.07) is 15.4. The van der Waals surface area contributed by atoms with E-state index in [1.165, 1.54) is 51.4 Å². The van der Waals surface area contributed by atoms with Crippen molar-refractivity contribution < 1.29 is 9.59 Å². The molecule has 0 aliphatic rings. The van der Waals surface area contributed by atoms with Gasteiger partial charge >= 0.3 is 12.1 Å². The molecular weight excluding hydrogens is 512 g/mol. The van der Waals surface area contributed by atoms with Crippen LogP contribution >= 0.6 is 0 Å². The van der Waals surface area contributed by atoms with Gasteiger partial charge in [-0.3, -0.25) is 0 Å². The molecule has 0 unspecified atom stereocenters. The topological polar surface area (TPSA) is 88.7 Å². The molecule has 2 aromatic rings. The highest BCUT2D eigenvalue weighted by Gasteiger charge is 2.07. The number of nitrogens with one attached hydrogen (secondary N) is 4. The van der Waals surface area contributed by atoms with E-state index in [2.05, 4.69) is 59.0 Å². The largest absolute Gasteiger partial charge is 0.337 e. The molecule has 0 aromatic heterocycles. The third-order valence-electron chi connectivity index (χ3n) is 7.12. The zero-order valence-electron chi connectivity index (χ0n) is 25.9. The minimum Gasteiger partial charge on any atom is -0.337 e. The predicted molar refractivity (Wildman–Crippen MR) is 173 cm³/mol. The van der Waals surface area contributed by atoms with Crippen LogP contribution in [0.1, 0.15) is 76.3 Å². The summed E-state index contributed by atoms with van der Waals surface area (Å²) in [4.78, 5) is 29.3. The fourth-order valence-electron chi connectivity index (χ4n) is 4.67. The van der Waals surface area contributed by atoms with Crippen molar-refractivity contribution in [2.75, 3.05) is 64.0 Å². The van der Waals surface area contributed by atoms with Crippen molar-refractivity contribution in [3.05, 3.63) is 59.7 Å². The van der Waals surface area contributed by atoms with Crippen LogP contribution in [-0.2, 0) is 6.42 Å². The Balaban J connectivity index is 1.73. The van der Waals surface area contributed by atoms with Gasteiger partial charge in [-0.25, -0.2) is 9.59 Å². The van der Waals surface area contributed by atoms with Crippen LogP contribution in [0.15, 0.2) is 48.5 Å². The minimum absolute atomic E-state index is 0.193. The van der Waals surface area contributed by atoms with E-state index in [4.69, 9.17) is 0 Å². The van der Waals surface area contributed by atoms with Crippen molar-refractivity contribution >= 4 is 23.4 Å². The maximum atomic E-state index is 12.4. The summed E-state index contributed by atoms with van der Waals surface area (Å²) in [5.74, 6) is 0. The molecule has 0 aliphatic heterocycles. The average molecular weight is 567 g/mol. The lowest BCUT2D eigenvalue weighted by Gasteiger charge is -2.17. The van der Waals surface area contributed by atoms with Gasteiger partial charge in [0.05, 0.1) is 0 Å². The van der Waals surface area contributed by atoms with Gasteiger partial charge < -0.3 is 31.1 Å². The molecule has 4 N–H and O–H groups in total. The molecule has 0 saturated carbocycles. The molecule has 0 radical (unpaired) electrons. The van der Waals surface area contributed by atoms with Crippen LogP contribution in [0.25, 0.3) is 0 Å². The van der Waals surface area contributed by atoms with E-state index < -0.39 is 0 Å². The molecule has 0 fully saturated rings. The molecule has 8 nitrogen and oxygen atoms in total. The Kier molecular flexibility index (Phi) is 17.2. The van der Waals surface area contributed by atoms with Gasteiger partial charge in [0.2, 0.25) is 0 Å². The third-order valence-corrected chi connectivity index (χ3v) is 7.12. The number of carbonyl (C=O) groups excluding carboxylic acids is 2. The number of urea groups is 2. The van der Waals surface area contributed by atoms with Crippen molar-refractivity contribution in [1.29, 1.82) is 0 Å². The average Bonchev–Trinajstić information content (AvgIpc) is 2.94. The number of nitrogens with zero attached hydrogens (tertiary/aromatic N) is 2. The summed E-state index contributed by atoms with van der Waals surface area (Å²) in [6.07, 6.45) is 10.7. The number of amides is 4. The maximum Gasteiger partial charge on any atom is 0.319 e. The first-order valence-corrected chi connectivity index (χ1v) is 15.5. The van der Waals surface area contributed by atoms with Crippen LogP contribution < -0.4 is 21.3 Å². The summed E-state index contributed by atoms with van der Waals surface area (Å²) in [7, 11) is 4.20. The molecule has 228 valence electrons. The number of anilines is 2. The van der Waals surface area contributed by atoms with Crippen LogP contribution in [0.4, 0.5) is 21.0 Å². The fourth-order valence-corrected chi connectivity index (χ4v) is 4.67. The van der Waals surface area contributed by atoms with Crippen molar-refractivity contribution in [3.8, 4) is 0 Å². The number of likely N-dealkylation sites (N-methyl/N-ethyl adjacent to an activating group) is 2. The molecule has 0 saturated heterocycles. The Labute approximate surface area is 248 Å². The minimum atomic E-state index is -0.193. The van der Waals surface area contributed by atoms with Crippen LogP contribution in [0.2, 0.25) is 0 Å². The Morgan fingerprint density at radius 2 is 1.05 bits per heavy atom. The lowest BCUT2D eigenvalue weighted by molar-refractivity contribution is 0.248. The van der Waals surface area contributed by atoms with Gasteiger partial charge in [0.1, 0.15) is 0 Å². The van der Waals surface area contributed by atoms with E-state index >= 15 is 0 Å². The van der Waals surface area contributed by atoms with E-state index in [0.29, 0.717) is 19.5 Å². The second kappa shape index (κ2) is 20.7. The molecule has 41 heavy (non-hydrogen) atoms. The van der Waals surface area contributed by atoms with Gasteiger partial charge in [-0.15, -0.1) is 0 Å². The van der Waals surface area contributed by atoms with E-state index in [9.17, 15) is 9.59 Å². The number of carbonyl (C=O) groups is 2. The molecular formula is C33H54N6O2. The first kappa shape index (κ1) is 34.1. The predicted octanol–water partition coefficient (Wildman–Crippen LogP) is 6.54. The number of benzene rings is 2. The zero-order chi connectivity index (χ0) is 29.7. The van der Waals surface area contributed by atoms with Crippen LogP contribution in [0, 0.1) is 0 Å². The first-order valence-electron chi connectivity index (χ1n) is 15.5. The highest BCUT2D eigenvalue weighted by atomic mass is 16.2. The van der Waals surface area contributed by atoms with E-state index in [1.807, 2.05) is 48.5 Å². The third kappa shape index (κ3) is 16.1. The molecule has 0 bridgehead atoms. The van der Waals surface area contributed by atoms with Crippen LogP contribution in [-0.4, -0.2) is 75.2 Å². The fraction of sp³-hybridized carbons (Fsp3) is 0.576. The normalized spacial score (nSPS) is 11.1. The van der Waals surface area contributed by atoms with E-state index in [0.717, 1.165) is 48.7 Å². The number of hydrogen-bond acceptors (Lipinski definition) is 4. The Morgan fingerprint density at radius 3 is 1.46 bits per heavy atom. The molecule has 8 heteroatoms. The van der Waals surface area contributed by atoms with Gasteiger partial charge in [0, 0.05) is 37.6 Å². The molecule has 0 spiro atoms. The monoisotopic (exact) mass is 566 g/mol. The second-order valence-corrected chi connectivity index (χ2v) is 11.1. The number of rotatable bonds is 20. The second-order valence-electron chi connectivity index (χ2n) is 11.1. The molecule has 0 atom stereocenters. The van der Waals surface area contributed by atoms with Crippen molar-refractivity contribution in [2.24, 2.45) is 0 Å². The summed E-state index contributed by atoms with van der Waals surface area (Å²) >= 11 is 0. The first-order chi connectivity index (χ1) is 19.9. The van der Waals surface area contributed by atoms with Gasteiger partial charge in [0.25, 0.3) is 0 Å². The number of hydrogen-bond donors (Lipinski definition) is 4. The summed E-state index contributed by atoms with van der Waals surface area (Å²) in [5.41, 5.74) is 3.69. The zero-order valence-corrected chi connectivity index (χ0v) is 25.9. The van der Waals surface area contributed by atoms with E-state index in [-0.39, 0.29) is 12.1 Å². The van der Waals surface area contributed by atoms with Crippen molar-refractivity contribution in [2.45, 2.75) is 71.6 Å². The lowest BCUT2D eigenvalue weighted by atomic mass is 10.0. The molecule has 4 amide bonds. The molecule has 2 rings (SSSR count). The standard InChI is InChI=1S/C33H54N6O2/c1-5-7-9-11-21-38(3)23-19-34-32(40)36-30-17-13-15-28(26-30)25-29-16-14-18-31(27-29)37-33(41)35-20-24-39(4)22-12-10-8-6-2/h13-18,26-27H,5-12,19-25H2,1-4H3,(H2,34,36,40)(H2,35,37,41). The highest BCUT2D eigenvalue weighted by Crippen LogP contribution is 2.17. The summed E-state index contributed by atoms with van der Waals surface area (Å²) in [5, 5.41) is 11.8. The molecule has 0 heterocycles. The quantitative estimate of drug-likeness (QED) is 0.137. The Morgan fingerprint density at radius 1 is 0.610 bits per heavy atom. The van der Waals surface area contributed by atoms with Crippen LogP contribution in [0.5, 0.6) is 0 Å². The molecule has 2 aromatic carbocycles. The summed E-state index contributed by atoms with van der Waals surface area (Å²) < 4.78 is 0. The van der Waals surface area contributed by atoms with Gasteiger partial charge in [-0.2, -0.15) is 0 Å². The SMILES string of the molecule is CCCCCCN(C)CCNC(=O)Nc1cccc(Cc2cccc(NC(=O)NCCN(C)CCCCCC)c2)c1. The van der Waals surface area contributed by atoms with Crippen molar-refractivity contribution in [1.82, 2.24) is 20.4 Å².